The van der Waals surface area contributed by atoms with E-state index in [-0.39, 0.29) is 12.3 Å². The average Bonchev–Trinajstić information content (AvgIpc) is 2.84. The Morgan fingerprint density at radius 1 is 1.18 bits per heavy atom. The highest BCUT2D eigenvalue weighted by Crippen LogP contribution is 2.19. The molecule has 0 unspecified atom stereocenters. The van der Waals surface area contributed by atoms with Crippen molar-refractivity contribution >= 4 is 17.2 Å². The van der Waals surface area contributed by atoms with E-state index >= 15 is 0 Å². The molecule has 4 nitrogen and oxygen atoms in total. The van der Waals surface area contributed by atoms with E-state index in [0.717, 1.165) is 33.7 Å². The fraction of sp³-hybridized carbons (Fsp3) is 0.222. The largest absolute Gasteiger partial charge is 0.325 e. The van der Waals surface area contributed by atoms with Crippen LogP contribution in [0.15, 0.2) is 42.7 Å². The van der Waals surface area contributed by atoms with Gasteiger partial charge in [-0.15, -0.1) is 0 Å². The van der Waals surface area contributed by atoms with Crippen LogP contribution in [0.5, 0.6) is 0 Å². The van der Waals surface area contributed by atoms with E-state index in [4.69, 9.17) is 0 Å². The zero-order valence-electron chi connectivity index (χ0n) is 13.1. The van der Waals surface area contributed by atoms with Crippen molar-refractivity contribution in [2.24, 2.45) is 0 Å². The Hall–Kier alpha value is -2.62. The maximum atomic E-state index is 12.3. The minimum atomic E-state index is -0.0440. The number of nitrogens with zero attached hydrogens (tertiary/aromatic N) is 2. The molecule has 2 heterocycles. The normalized spacial score (nSPS) is 10.9. The zero-order chi connectivity index (χ0) is 15.7. The van der Waals surface area contributed by atoms with E-state index in [0.29, 0.717) is 0 Å². The van der Waals surface area contributed by atoms with Gasteiger partial charge in [-0.05, 0) is 49.6 Å². The predicted octanol–water partition coefficient (Wildman–Crippen LogP) is 3.44. The van der Waals surface area contributed by atoms with Crippen molar-refractivity contribution in [3.05, 3.63) is 65.1 Å². The van der Waals surface area contributed by atoms with Crippen LogP contribution in [0.1, 0.15) is 22.4 Å². The fourth-order valence-corrected chi connectivity index (χ4v) is 2.58. The standard InChI is InChI=1S/C18H19N3O/c1-12-7-8-21-11-15(19-16(21)9-12)10-17(22)20-18-13(2)5-4-6-14(18)3/h4-9,11H,10H2,1-3H3,(H,20,22). The van der Waals surface area contributed by atoms with Crippen LogP contribution in [0.3, 0.4) is 0 Å². The SMILES string of the molecule is Cc1ccn2cc(CC(=O)Nc3c(C)cccc3C)nc2c1. The van der Waals surface area contributed by atoms with E-state index in [1.54, 1.807) is 0 Å². The van der Waals surface area contributed by atoms with Crippen molar-refractivity contribution in [2.45, 2.75) is 27.2 Å². The number of rotatable bonds is 3. The molecule has 1 aromatic carbocycles. The summed E-state index contributed by atoms with van der Waals surface area (Å²) in [6, 6.07) is 10.0. The third kappa shape index (κ3) is 2.86. The summed E-state index contributed by atoms with van der Waals surface area (Å²) in [6.07, 6.45) is 4.14. The number of nitrogens with one attached hydrogen (secondary N) is 1. The highest BCUT2D eigenvalue weighted by atomic mass is 16.1. The molecule has 1 N–H and O–H groups in total. The van der Waals surface area contributed by atoms with Gasteiger partial charge in [-0.3, -0.25) is 4.79 Å². The maximum absolute atomic E-state index is 12.3. The molecular formula is C18H19N3O. The van der Waals surface area contributed by atoms with Gasteiger partial charge in [0.25, 0.3) is 0 Å². The smallest absolute Gasteiger partial charge is 0.230 e. The number of amides is 1. The monoisotopic (exact) mass is 293 g/mol. The molecule has 2 aromatic heterocycles. The van der Waals surface area contributed by atoms with Gasteiger partial charge in [0.15, 0.2) is 0 Å². The second-order valence-corrected chi connectivity index (χ2v) is 5.69. The van der Waals surface area contributed by atoms with Crippen LogP contribution in [0, 0.1) is 20.8 Å². The molecule has 0 aliphatic rings. The van der Waals surface area contributed by atoms with Crippen LogP contribution in [-0.2, 0) is 11.2 Å². The van der Waals surface area contributed by atoms with Gasteiger partial charge >= 0.3 is 0 Å². The van der Waals surface area contributed by atoms with Gasteiger partial charge in [-0.1, -0.05) is 18.2 Å². The Bertz CT molecular complexity index is 828. The number of aryl methyl sites for hydroxylation is 3. The molecule has 0 spiro atoms. The predicted molar refractivity (Wildman–Crippen MR) is 88.2 cm³/mol. The van der Waals surface area contributed by atoms with E-state index < -0.39 is 0 Å². The summed E-state index contributed by atoms with van der Waals surface area (Å²) in [5.41, 5.74) is 5.83. The lowest BCUT2D eigenvalue weighted by atomic mass is 10.1. The second kappa shape index (κ2) is 5.64. The van der Waals surface area contributed by atoms with Crippen molar-refractivity contribution in [3.63, 3.8) is 0 Å². The fourth-order valence-electron chi connectivity index (χ4n) is 2.58. The number of hydrogen-bond donors (Lipinski definition) is 1. The molecule has 22 heavy (non-hydrogen) atoms. The maximum Gasteiger partial charge on any atom is 0.230 e. The van der Waals surface area contributed by atoms with Gasteiger partial charge < -0.3 is 9.72 Å². The number of carbonyl (C=O) groups is 1. The van der Waals surface area contributed by atoms with Crippen molar-refractivity contribution in [1.29, 1.82) is 0 Å². The molecule has 112 valence electrons. The van der Waals surface area contributed by atoms with Gasteiger partial charge in [-0.25, -0.2) is 4.98 Å². The molecule has 0 saturated carbocycles. The first kappa shape index (κ1) is 14.3. The number of para-hydroxylation sites is 1. The molecule has 0 radical (unpaired) electrons. The lowest BCUT2D eigenvalue weighted by molar-refractivity contribution is -0.115. The summed E-state index contributed by atoms with van der Waals surface area (Å²) in [7, 11) is 0. The number of carbonyl (C=O) groups excluding carboxylic acids is 1. The number of hydrogen-bond acceptors (Lipinski definition) is 2. The Kier molecular flexibility index (Phi) is 3.67. The van der Waals surface area contributed by atoms with Crippen LogP contribution >= 0.6 is 0 Å². The van der Waals surface area contributed by atoms with Crippen molar-refractivity contribution < 1.29 is 4.79 Å². The number of aromatic nitrogens is 2. The molecule has 0 bridgehead atoms. The average molecular weight is 293 g/mol. The van der Waals surface area contributed by atoms with Gasteiger partial charge in [0.2, 0.25) is 5.91 Å². The zero-order valence-corrected chi connectivity index (χ0v) is 13.1. The van der Waals surface area contributed by atoms with Gasteiger partial charge in [0, 0.05) is 18.1 Å². The van der Waals surface area contributed by atoms with Crippen molar-refractivity contribution in [1.82, 2.24) is 9.38 Å². The molecule has 0 fully saturated rings. The van der Waals surface area contributed by atoms with E-state index in [2.05, 4.69) is 10.3 Å². The van der Waals surface area contributed by atoms with Crippen LogP contribution in [0.4, 0.5) is 5.69 Å². The van der Waals surface area contributed by atoms with E-state index in [1.165, 1.54) is 0 Å². The molecule has 3 rings (SSSR count). The molecular weight excluding hydrogens is 274 g/mol. The van der Waals surface area contributed by atoms with Crippen LogP contribution in [0.25, 0.3) is 5.65 Å². The number of fused-ring (bicyclic) bond motifs is 1. The molecule has 0 aliphatic carbocycles. The molecule has 0 saturated heterocycles. The number of anilines is 1. The van der Waals surface area contributed by atoms with Crippen molar-refractivity contribution in [2.75, 3.05) is 5.32 Å². The first-order valence-electron chi connectivity index (χ1n) is 7.33. The summed E-state index contributed by atoms with van der Waals surface area (Å²) in [4.78, 5) is 16.8. The Labute approximate surface area is 129 Å². The molecule has 3 aromatic rings. The van der Waals surface area contributed by atoms with Gasteiger partial charge in [0.05, 0.1) is 12.1 Å². The highest BCUT2D eigenvalue weighted by molar-refractivity contribution is 5.93. The summed E-state index contributed by atoms with van der Waals surface area (Å²) in [5, 5.41) is 2.99. The van der Waals surface area contributed by atoms with Crippen LogP contribution in [0.2, 0.25) is 0 Å². The summed E-state index contributed by atoms with van der Waals surface area (Å²) < 4.78 is 1.94. The number of imidazole rings is 1. The van der Waals surface area contributed by atoms with Crippen molar-refractivity contribution in [3.8, 4) is 0 Å². The van der Waals surface area contributed by atoms with E-state index in [1.807, 2.05) is 67.9 Å². The molecule has 0 aliphatic heterocycles. The first-order chi connectivity index (χ1) is 10.5. The van der Waals surface area contributed by atoms with Gasteiger partial charge in [-0.2, -0.15) is 0 Å². The summed E-state index contributed by atoms with van der Waals surface area (Å²) >= 11 is 0. The van der Waals surface area contributed by atoms with Crippen LogP contribution in [-0.4, -0.2) is 15.3 Å². The van der Waals surface area contributed by atoms with Gasteiger partial charge in [0.1, 0.15) is 5.65 Å². The third-order valence-corrected chi connectivity index (χ3v) is 3.75. The summed E-state index contributed by atoms with van der Waals surface area (Å²) in [5.74, 6) is -0.0440. The molecule has 1 amide bonds. The highest BCUT2D eigenvalue weighted by Gasteiger charge is 2.10. The lowest BCUT2D eigenvalue weighted by Gasteiger charge is -2.10. The minimum Gasteiger partial charge on any atom is -0.325 e. The number of benzene rings is 1. The lowest BCUT2D eigenvalue weighted by Crippen LogP contribution is -2.16. The Morgan fingerprint density at radius 3 is 2.64 bits per heavy atom. The first-order valence-corrected chi connectivity index (χ1v) is 7.33. The summed E-state index contributed by atoms with van der Waals surface area (Å²) in [6.45, 7) is 6.02. The third-order valence-electron chi connectivity index (χ3n) is 3.75. The molecule has 0 atom stereocenters. The second-order valence-electron chi connectivity index (χ2n) is 5.69. The Balaban J connectivity index is 1.78. The van der Waals surface area contributed by atoms with E-state index in [9.17, 15) is 4.79 Å². The Morgan fingerprint density at radius 2 is 1.91 bits per heavy atom. The molecule has 4 heteroatoms. The van der Waals surface area contributed by atoms with Crippen LogP contribution < -0.4 is 5.32 Å². The minimum absolute atomic E-state index is 0.0440. The topological polar surface area (TPSA) is 46.4 Å². The quantitative estimate of drug-likeness (QED) is 0.804. The number of pyridine rings is 1.